The van der Waals surface area contributed by atoms with Crippen molar-refractivity contribution in [3.05, 3.63) is 65.2 Å². The minimum absolute atomic E-state index is 0.0111. The number of carbonyl (C=O) groups is 1. The Labute approximate surface area is 204 Å². The van der Waals surface area contributed by atoms with Crippen molar-refractivity contribution in [2.24, 2.45) is 0 Å². The summed E-state index contributed by atoms with van der Waals surface area (Å²) in [7, 11) is 4.05. The quantitative estimate of drug-likeness (QED) is 0.422. The predicted molar refractivity (Wildman–Crippen MR) is 135 cm³/mol. The molecule has 6 nitrogen and oxygen atoms in total. The maximum atomic E-state index is 12.7. The van der Waals surface area contributed by atoms with E-state index in [1.807, 2.05) is 56.6 Å². The van der Waals surface area contributed by atoms with E-state index in [0.717, 1.165) is 29.4 Å². The van der Waals surface area contributed by atoms with Crippen molar-refractivity contribution < 1.29 is 4.79 Å². The van der Waals surface area contributed by atoms with Crippen molar-refractivity contribution in [2.75, 3.05) is 26.4 Å². The van der Waals surface area contributed by atoms with E-state index in [2.05, 4.69) is 37.1 Å². The molecule has 1 fully saturated rings. The third kappa shape index (κ3) is 5.78. The number of halogens is 1. The highest BCUT2D eigenvalue weighted by atomic mass is 35.5. The van der Waals surface area contributed by atoms with Crippen LogP contribution >= 0.6 is 23.4 Å². The normalized spacial score (nSPS) is 15.2. The molecule has 0 aliphatic heterocycles. The van der Waals surface area contributed by atoms with E-state index in [1.54, 1.807) is 0 Å². The van der Waals surface area contributed by atoms with Gasteiger partial charge in [0.25, 0.3) is 0 Å². The topological polar surface area (TPSA) is 63.1 Å². The third-order valence-electron chi connectivity index (χ3n) is 6.10. The molecule has 1 saturated carbocycles. The van der Waals surface area contributed by atoms with Gasteiger partial charge in [-0.25, -0.2) is 0 Å². The first-order valence-electron chi connectivity index (χ1n) is 11.3. The van der Waals surface area contributed by atoms with Crippen LogP contribution in [-0.4, -0.2) is 52.0 Å². The Morgan fingerprint density at radius 3 is 2.52 bits per heavy atom. The summed E-state index contributed by atoms with van der Waals surface area (Å²) in [5, 5.41) is 13.5. The molecule has 1 heterocycles. The number of aromatic nitrogens is 3. The second-order valence-electron chi connectivity index (χ2n) is 8.58. The van der Waals surface area contributed by atoms with Crippen molar-refractivity contribution in [3.8, 4) is 11.4 Å². The van der Waals surface area contributed by atoms with Crippen molar-refractivity contribution >= 4 is 29.3 Å². The number of amides is 1. The van der Waals surface area contributed by atoms with Crippen LogP contribution in [0.25, 0.3) is 11.4 Å². The summed E-state index contributed by atoms with van der Waals surface area (Å²) < 4.78 is 2.19. The number of nitrogens with zero attached hydrogens (tertiary/aromatic N) is 4. The smallest absolute Gasteiger partial charge is 0.230 e. The Morgan fingerprint density at radius 1 is 1.12 bits per heavy atom. The fraction of sp³-hybridized carbons (Fsp3) is 0.400. The molecule has 2 aromatic carbocycles. The van der Waals surface area contributed by atoms with Crippen LogP contribution in [0.4, 0.5) is 0 Å². The van der Waals surface area contributed by atoms with Gasteiger partial charge in [-0.05, 0) is 44.6 Å². The molecule has 33 heavy (non-hydrogen) atoms. The van der Waals surface area contributed by atoms with Crippen molar-refractivity contribution in [1.29, 1.82) is 0 Å². The Bertz CT molecular complexity index is 1070. The fourth-order valence-electron chi connectivity index (χ4n) is 4.36. The highest BCUT2D eigenvalue weighted by Gasteiger charge is 2.26. The van der Waals surface area contributed by atoms with Gasteiger partial charge in [0.05, 0.1) is 16.8 Å². The molecule has 3 aromatic rings. The van der Waals surface area contributed by atoms with Gasteiger partial charge in [-0.3, -0.25) is 9.36 Å². The zero-order valence-corrected chi connectivity index (χ0v) is 20.6. The Morgan fingerprint density at radius 2 is 1.82 bits per heavy atom. The highest BCUT2D eigenvalue weighted by molar-refractivity contribution is 7.99. The van der Waals surface area contributed by atoms with Crippen LogP contribution in [0.1, 0.15) is 43.3 Å². The predicted octanol–water partition coefficient (Wildman–Crippen LogP) is 5.22. The summed E-state index contributed by atoms with van der Waals surface area (Å²) in [6, 6.07) is 18.4. The largest absolute Gasteiger partial charge is 0.353 e. The fourth-order valence-corrected chi connectivity index (χ4v) is 5.41. The molecule has 8 heteroatoms. The molecule has 1 aliphatic rings. The molecule has 0 bridgehead atoms. The first-order chi connectivity index (χ1) is 16.0. The minimum atomic E-state index is -0.0111. The molecule has 1 aliphatic carbocycles. The Hall–Kier alpha value is -2.35. The average molecular weight is 484 g/mol. The van der Waals surface area contributed by atoms with Crippen molar-refractivity contribution in [2.45, 2.75) is 42.9 Å². The molecule has 0 spiro atoms. The first-order valence-corrected chi connectivity index (χ1v) is 12.7. The van der Waals surface area contributed by atoms with Crippen LogP contribution < -0.4 is 5.32 Å². The molecular formula is C25H30ClN5OS. The van der Waals surface area contributed by atoms with E-state index in [1.165, 1.54) is 30.2 Å². The molecule has 0 radical (unpaired) electrons. The third-order valence-corrected chi connectivity index (χ3v) is 7.37. The van der Waals surface area contributed by atoms with E-state index in [9.17, 15) is 4.79 Å². The lowest BCUT2D eigenvalue weighted by Crippen LogP contribution is -2.35. The molecule has 1 N–H and O–H groups in total. The molecule has 174 valence electrons. The Kier molecular flexibility index (Phi) is 8.06. The van der Waals surface area contributed by atoms with Crippen molar-refractivity contribution in [3.63, 3.8) is 0 Å². The number of benzene rings is 2. The second-order valence-corrected chi connectivity index (χ2v) is 9.93. The van der Waals surface area contributed by atoms with Gasteiger partial charge in [-0.2, -0.15) is 0 Å². The number of nitrogens with one attached hydrogen (secondary N) is 1. The van der Waals surface area contributed by atoms with E-state index >= 15 is 0 Å². The monoisotopic (exact) mass is 483 g/mol. The van der Waals surface area contributed by atoms with Gasteiger partial charge in [0.15, 0.2) is 11.0 Å². The average Bonchev–Trinajstić information content (AvgIpc) is 3.48. The summed E-state index contributed by atoms with van der Waals surface area (Å²) in [5.41, 5.74) is 2.06. The van der Waals surface area contributed by atoms with Crippen LogP contribution in [0.15, 0.2) is 59.8 Å². The van der Waals surface area contributed by atoms with Crippen LogP contribution in [0.2, 0.25) is 5.02 Å². The first kappa shape index (κ1) is 23.8. The van der Waals surface area contributed by atoms with Crippen molar-refractivity contribution in [1.82, 2.24) is 25.0 Å². The molecule has 0 unspecified atom stereocenters. The number of thioether (sulfide) groups is 1. The summed E-state index contributed by atoms with van der Waals surface area (Å²) in [5.74, 6) is 1.07. The number of hydrogen-bond acceptors (Lipinski definition) is 5. The number of rotatable bonds is 9. The van der Waals surface area contributed by atoms with Gasteiger partial charge in [-0.1, -0.05) is 78.7 Å². The Balaban J connectivity index is 1.44. The van der Waals surface area contributed by atoms with Gasteiger partial charge in [-0.15, -0.1) is 10.2 Å². The van der Waals surface area contributed by atoms with Crippen LogP contribution in [0.3, 0.4) is 0 Å². The lowest BCUT2D eigenvalue weighted by molar-refractivity contribution is -0.118. The summed E-state index contributed by atoms with van der Waals surface area (Å²) in [6.07, 6.45) is 4.58. The lowest BCUT2D eigenvalue weighted by Gasteiger charge is -2.25. The van der Waals surface area contributed by atoms with Gasteiger partial charge in [0, 0.05) is 18.2 Å². The molecule has 0 saturated heterocycles. The summed E-state index contributed by atoms with van der Waals surface area (Å²) in [6.45, 7) is 0.552. The highest BCUT2D eigenvalue weighted by Crippen LogP contribution is 2.38. The molecule has 1 atom stereocenters. The summed E-state index contributed by atoms with van der Waals surface area (Å²) in [4.78, 5) is 14.8. The second kappa shape index (κ2) is 11.2. The zero-order chi connectivity index (χ0) is 23.2. The zero-order valence-electron chi connectivity index (χ0n) is 19.1. The van der Waals surface area contributed by atoms with E-state index < -0.39 is 0 Å². The van der Waals surface area contributed by atoms with Gasteiger partial charge < -0.3 is 10.2 Å². The van der Waals surface area contributed by atoms with E-state index in [4.69, 9.17) is 11.6 Å². The van der Waals surface area contributed by atoms with Crippen LogP contribution in [-0.2, 0) is 4.79 Å². The van der Waals surface area contributed by atoms with Gasteiger partial charge >= 0.3 is 0 Å². The summed E-state index contributed by atoms with van der Waals surface area (Å²) >= 11 is 7.90. The van der Waals surface area contributed by atoms with Crippen LogP contribution in [0, 0.1) is 0 Å². The SMILES string of the molecule is CN(C)[C@H](CNC(=O)CSc1nnc(-c2ccccc2Cl)n1C1CCCC1)c1ccccc1. The maximum Gasteiger partial charge on any atom is 0.230 e. The van der Waals surface area contributed by atoms with E-state index in [0.29, 0.717) is 23.4 Å². The minimum Gasteiger partial charge on any atom is -0.353 e. The maximum absolute atomic E-state index is 12.7. The standard InChI is InChI=1S/C25H30ClN5OS/c1-30(2)22(18-10-4-3-5-11-18)16-27-23(32)17-33-25-29-28-24(20-14-8-9-15-21(20)26)31(25)19-12-6-7-13-19/h3-5,8-11,14-15,19,22H,6-7,12-13,16-17H2,1-2H3,(H,27,32)/t22-/m1/s1. The van der Waals surface area contributed by atoms with E-state index in [-0.39, 0.29) is 11.9 Å². The van der Waals surface area contributed by atoms with Gasteiger partial charge in [0.1, 0.15) is 0 Å². The number of carbonyl (C=O) groups excluding carboxylic acids is 1. The van der Waals surface area contributed by atoms with Crippen LogP contribution in [0.5, 0.6) is 0 Å². The lowest BCUT2D eigenvalue weighted by atomic mass is 10.1. The number of hydrogen-bond donors (Lipinski definition) is 1. The molecule has 1 aromatic heterocycles. The van der Waals surface area contributed by atoms with Gasteiger partial charge in [0.2, 0.25) is 5.91 Å². The molecular weight excluding hydrogens is 454 g/mol. The molecule has 4 rings (SSSR count). The number of likely N-dealkylation sites (N-methyl/N-ethyl adjacent to an activating group) is 1. The molecule has 1 amide bonds.